The van der Waals surface area contributed by atoms with E-state index in [-0.39, 0.29) is 17.6 Å². The number of imide groups is 1. The maximum atomic E-state index is 12.7. The van der Waals surface area contributed by atoms with E-state index in [9.17, 15) is 14.4 Å². The van der Waals surface area contributed by atoms with Crippen molar-refractivity contribution in [1.82, 2.24) is 15.6 Å². The first kappa shape index (κ1) is 18.9. The summed E-state index contributed by atoms with van der Waals surface area (Å²) in [5.74, 6) is -0.565. The van der Waals surface area contributed by atoms with Crippen LogP contribution in [0.1, 0.15) is 48.0 Å². The molecular formula is C22H22N4O3. The second kappa shape index (κ2) is 8.26. The third kappa shape index (κ3) is 4.18. The molecule has 7 heteroatoms. The molecule has 2 N–H and O–H groups in total. The van der Waals surface area contributed by atoms with E-state index in [0.717, 1.165) is 36.1 Å². The van der Waals surface area contributed by atoms with Crippen molar-refractivity contribution in [3.05, 3.63) is 65.6 Å². The fraction of sp³-hybridized carbons (Fsp3) is 0.273. The van der Waals surface area contributed by atoms with Crippen molar-refractivity contribution in [1.29, 1.82) is 0 Å². The van der Waals surface area contributed by atoms with E-state index in [1.54, 1.807) is 54.9 Å². The molecule has 7 nitrogen and oxygen atoms in total. The van der Waals surface area contributed by atoms with E-state index in [0.29, 0.717) is 11.3 Å². The summed E-state index contributed by atoms with van der Waals surface area (Å²) >= 11 is 0. The molecule has 1 saturated carbocycles. The average molecular weight is 390 g/mol. The molecule has 2 fully saturated rings. The number of benzene rings is 1. The second-order valence-corrected chi connectivity index (χ2v) is 7.26. The van der Waals surface area contributed by atoms with Gasteiger partial charge in [-0.25, -0.2) is 9.69 Å². The Hall–Kier alpha value is -3.48. The van der Waals surface area contributed by atoms with Crippen molar-refractivity contribution >= 4 is 29.6 Å². The maximum absolute atomic E-state index is 12.7. The fourth-order valence-corrected chi connectivity index (χ4v) is 3.67. The van der Waals surface area contributed by atoms with Crippen molar-refractivity contribution in [3.8, 4) is 0 Å². The Labute approximate surface area is 168 Å². The van der Waals surface area contributed by atoms with Crippen LogP contribution in [0.2, 0.25) is 0 Å². The lowest BCUT2D eigenvalue weighted by Crippen LogP contribution is -2.36. The molecule has 0 unspecified atom stereocenters. The number of pyridine rings is 1. The van der Waals surface area contributed by atoms with Gasteiger partial charge in [0.25, 0.3) is 11.8 Å². The van der Waals surface area contributed by atoms with E-state index >= 15 is 0 Å². The van der Waals surface area contributed by atoms with Crippen LogP contribution in [-0.2, 0) is 4.79 Å². The third-order valence-corrected chi connectivity index (χ3v) is 5.22. The normalized spacial score (nSPS) is 18.8. The van der Waals surface area contributed by atoms with Crippen LogP contribution in [0.3, 0.4) is 0 Å². The maximum Gasteiger partial charge on any atom is 0.333 e. The van der Waals surface area contributed by atoms with Gasteiger partial charge in [0.1, 0.15) is 5.70 Å². The van der Waals surface area contributed by atoms with Crippen LogP contribution in [0.15, 0.2) is 54.5 Å². The first-order valence-corrected chi connectivity index (χ1v) is 9.80. The highest BCUT2D eigenvalue weighted by atomic mass is 16.2. The summed E-state index contributed by atoms with van der Waals surface area (Å²) in [6, 6.07) is 9.70. The number of urea groups is 1. The van der Waals surface area contributed by atoms with Crippen molar-refractivity contribution in [2.45, 2.75) is 38.1 Å². The zero-order valence-electron chi connectivity index (χ0n) is 15.9. The fourth-order valence-electron chi connectivity index (χ4n) is 3.67. The van der Waals surface area contributed by atoms with Gasteiger partial charge in [-0.05, 0) is 60.9 Å². The van der Waals surface area contributed by atoms with Gasteiger partial charge in [-0.2, -0.15) is 0 Å². The minimum atomic E-state index is -0.519. The smallest absolute Gasteiger partial charge is 0.333 e. The number of hydrogen-bond donors (Lipinski definition) is 2. The third-order valence-electron chi connectivity index (χ3n) is 5.22. The van der Waals surface area contributed by atoms with E-state index in [1.165, 1.54) is 6.42 Å². The summed E-state index contributed by atoms with van der Waals surface area (Å²) in [7, 11) is 0. The lowest BCUT2D eigenvalue weighted by molar-refractivity contribution is -0.113. The molecule has 1 aromatic carbocycles. The van der Waals surface area contributed by atoms with Gasteiger partial charge >= 0.3 is 6.03 Å². The number of nitrogens with zero attached hydrogens (tertiary/aromatic N) is 2. The van der Waals surface area contributed by atoms with Gasteiger partial charge < -0.3 is 10.6 Å². The SMILES string of the molecule is O=C(NC1CCCCC1)c1ccc(N2C(=O)N/C(=C\c3ccncc3)C2=O)cc1. The Balaban J connectivity index is 1.47. The quantitative estimate of drug-likeness (QED) is 0.619. The molecule has 2 aromatic rings. The van der Waals surface area contributed by atoms with Gasteiger partial charge in [-0.15, -0.1) is 0 Å². The monoisotopic (exact) mass is 390 g/mol. The van der Waals surface area contributed by atoms with E-state index < -0.39 is 11.9 Å². The Morgan fingerprint density at radius 1 is 1.03 bits per heavy atom. The molecule has 1 aromatic heterocycles. The number of aromatic nitrogens is 1. The standard InChI is InChI=1S/C22H22N4O3/c27-20(24-17-4-2-1-3-5-17)16-6-8-18(9-7-16)26-21(28)19(25-22(26)29)14-15-10-12-23-13-11-15/h6-14,17H,1-5H2,(H,24,27)(H,25,29)/b19-14-. The van der Waals surface area contributed by atoms with Gasteiger partial charge in [0, 0.05) is 24.0 Å². The molecular weight excluding hydrogens is 368 g/mol. The molecule has 2 heterocycles. The van der Waals surface area contributed by atoms with Crippen molar-refractivity contribution in [3.63, 3.8) is 0 Å². The van der Waals surface area contributed by atoms with Crippen molar-refractivity contribution in [2.24, 2.45) is 0 Å². The molecule has 4 rings (SSSR count). The summed E-state index contributed by atoms with van der Waals surface area (Å²) in [5.41, 5.74) is 1.89. The average Bonchev–Trinajstić information content (AvgIpc) is 3.02. The van der Waals surface area contributed by atoms with Crippen molar-refractivity contribution < 1.29 is 14.4 Å². The molecule has 2 aliphatic rings. The lowest BCUT2D eigenvalue weighted by atomic mass is 9.95. The summed E-state index contributed by atoms with van der Waals surface area (Å²) in [4.78, 5) is 42.5. The molecule has 0 spiro atoms. The largest absolute Gasteiger partial charge is 0.349 e. The molecule has 0 radical (unpaired) electrons. The van der Waals surface area contributed by atoms with E-state index in [1.807, 2.05) is 0 Å². The zero-order valence-corrected chi connectivity index (χ0v) is 15.9. The highest BCUT2D eigenvalue weighted by Crippen LogP contribution is 2.23. The molecule has 4 amide bonds. The molecule has 148 valence electrons. The topological polar surface area (TPSA) is 91.4 Å². The molecule has 1 aliphatic heterocycles. The van der Waals surface area contributed by atoms with E-state index in [4.69, 9.17) is 0 Å². The Morgan fingerprint density at radius 2 is 1.72 bits per heavy atom. The highest BCUT2D eigenvalue weighted by Gasteiger charge is 2.34. The van der Waals surface area contributed by atoms with Gasteiger partial charge in [0.2, 0.25) is 0 Å². The van der Waals surface area contributed by atoms with Crippen LogP contribution >= 0.6 is 0 Å². The van der Waals surface area contributed by atoms with Crippen LogP contribution in [0, 0.1) is 0 Å². The van der Waals surface area contributed by atoms with Gasteiger partial charge in [-0.3, -0.25) is 14.6 Å². The number of rotatable bonds is 4. The minimum absolute atomic E-state index is 0.126. The number of carbonyl (C=O) groups is 3. The number of nitrogens with one attached hydrogen (secondary N) is 2. The second-order valence-electron chi connectivity index (χ2n) is 7.26. The molecule has 29 heavy (non-hydrogen) atoms. The Kier molecular flexibility index (Phi) is 5.37. The summed E-state index contributed by atoms with van der Waals surface area (Å²) in [5, 5.41) is 5.65. The predicted octanol–water partition coefficient (Wildman–Crippen LogP) is 3.24. The zero-order chi connectivity index (χ0) is 20.2. The Morgan fingerprint density at radius 3 is 2.41 bits per heavy atom. The van der Waals surface area contributed by atoms with Gasteiger partial charge in [-0.1, -0.05) is 19.3 Å². The summed E-state index contributed by atoms with van der Waals surface area (Å²) in [6.07, 6.45) is 10.4. The minimum Gasteiger partial charge on any atom is -0.349 e. The predicted molar refractivity (Wildman–Crippen MR) is 109 cm³/mol. The number of carbonyl (C=O) groups excluding carboxylic acids is 3. The molecule has 1 aliphatic carbocycles. The first-order valence-electron chi connectivity index (χ1n) is 9.80. The highest BCUT2D eigenvalue weighted by molar-refractivity contribution is 6.28. The van der Waals surface area contributed by atoms with Crippen LogP contribution in [0.4, 0.5) is 10.5 Å². The van der Waals surface area contributed by atoms with Crippen LogP contribution in [0.5, 0.6) is 0 Å². The molecule has 1 saturated heterocycles. The number of hydrogen-bond acceptors (Lipinski definition) is 4. The summed E-state index contributed by atoms with van der Waals surface area (Å²) in [6.45, 7) is 0. The Bertz CT molecular complexity index is 948. The van der Waals surface area contributed by atoms with Crippen LogP contribution < -0.4 is 15.5 Å². The van der Waals surface area contributed by atoms with Gasteiger partial charge in [0.05, 0.1) is 5.69 Å². The van der Waals surface area contributed by atoms with E-state index in [2.05, 4.69) is 15.6 Å². The van der Waals surface area contributed by atoms with Crippen LogP contribution in [0.25, 0.3) is 6.08 Å². The lowest BCUT2D eigenvalue weighted by Gasteiger charge is -2.22. The number of amides is 4. The van der Waals surface area contributed by atoms with Crippen molar-refractivity contribution in [2.75, 3.05) is 4.90 Å². The number of anilines is 1. The van der Waals surface area contributed by atoms with Crippen LogP contribution in [-0.4, -0.2) is 28.9 Å². The molecule has 0 atom stereocenters. The summed E-state index contributed by atoms with van der Waals surface area (Å²) < 4.78 is 0. The van der Waals surface area contributed by atoms with Gasteiger partial charge in [0.15, 0.2) is 0 Å². The first-order chi connectivity index (χ1) is 14.1. The molecule has 0 bridgehead atoms.